The van der Waals surface area contributed by atoms with Crippen LogP contribution in [0.1, 0.15) is 6.92 Å². The summed E-state index contributed by atoms with van der Waals surface area (Å²) in [5, 5.41) is 1.52. The van der Waals surface area contributed by atoms with Crippen LogP contribution in [0.15, 0.2) is 91.0 Å². The predicted octanol–water partition coefficient (Wildman–Crippen LogP) is 4.81. The Bertz CT molecular complexity index is 1010. The largest absolute Gasteiger partial charge is 0.451 e. The van der Waals surface area contributed by atoms with Crippen LogP contribution in [0.4, 0.5) is 13.2 Å². The summed E-state index contributed by atoms with van der Waals surface area (Å²) in [4.78, 5) is 25.3. The molecule has 0 heterocycles. The molecule has 2 nitrogen and oxygen atoms in total. The highest BCUT2D eigenvalue weighted by Gasteiger charge is 2.46. The summed E-state index contributed by atoms with van der Waals surface area (Å²) >= 11 is 0.737. The smallest absolute Gasteiger partial charge is 0.288 e. The van der Waals surface area contributed by atoms with Gasteiger partial charge in [0.05, 0.1) is 0 Å². The Morgan fingerprint density at radius 3 is 1.50 bits per heavy atom. The van der Waals surface area contributed by atoms with E-state index in [0.29, 0.717) is 0 Å². The lowest BCUT2D eigenvalue weighted by Gasteiger charge is -2.30. The van der Waals surface area contributed by atoms with Crippen molar-refractivity contribution < 1.29 is 22.8 Å². The Hall–Kier alpha value is -2.56. The topological polar surface area (TPSA) is 34.1 Å². The number of benzene rings is 3. The zero-order valence-corrected chi connectivity index (χ0v) is 19.0. The summed E-state index contributed by atoms with van der Waals surface area (Å²) < 4.78 is 40.7. The van der Waals surface area contributed by atoms with Crippen molar-refractivity contribution >= 4 is 51.3 Å². The summed E-state index contributed by atoms with van der Waals surface area (Å²) in [5.41, 5.74) is 0. The maximum Gasteiger partial charge on any atom is 0.451 e. The van der Waals surface area contributed by atoms with Crippen LogP contribution in [0.5, 0.6) is 0 Å². The van der Waals surface area contributed by atoms with Gasteiger partial charge < -0.3 is 0 Å². The molecule has 0 bridgehead atoms. The number of rotatable bonds is 7. The van der Waals surface area contributed by atoms with Gasteiger partial charge in [-0.2, -0.15) is 13.2 Å². The summed E-state index contributed by atoms with van der Waals surface area (Å²) in [7, 11) is 0. The van der Waals surface area contributed by atoms with Gasteiger partial charge in [-0.3, -0.25) is 9.59 Å². The first-order valence-electron chi connectivity index (χ1n) is 10.00. The Kier molecular flexibility index (Phi) is 7.81. The molecule has 0 saturated carbocycles. The summed E-state index contributed by atoms with van der Waals surface area (Å²) in [6.45, 7) is -1.22. The van der Waals surface area contributed by atoms with Gasteiger partial charge in [0.15, 0.2) is 0 Å². The van der Waals surface area contributed by atoms with Crippen molar-refractivity contribution in [1.82, 2.24) is 0 Å². The number of Topliss-reactive ketones (excluding diaryl/α,β-unsaturated/α-hetero) is 1. The van der Waals surface area contributed by atoms with Gasteiger partial charge in [0, 0.05) is 0 Å². The third kappa shape index (κ3) is 5.08. The maximum atomic E-state index is 13.6. The molecular weight excluding hydrogens is 452 g/mol. The van der Waals surface area contributed by atoms with Crippen LogP contribution in [0.25, 0.3) is 0 Å². The van der Waals surface area contributed by atoms with E-state index in [1.807, 2.05) is 91.0 Å². The van der Waals surface area contributed by atoms with E-state index in [9.17, 15) is 22.8 Å². The molecule has 0 aliphatic heterocycles. The third-order valence-corrected chi connectivity index (χ3v) is 9.88. The molecule has 0 fully saturated rings. The fourth-order valence-corrected chi connectivity index (χ4v) is 8.36. The minimum absolute atomic E-state index is 0.280. The summed E-state index contributed by atoms with van der Waals surface area (Å²) in [5.74, 6) is -2.28. The minimum Gasteiger partial charge on any atom is -0.288 e. The number of hydrogen-bond donors (Lipinski definition) is 0. The van der Waals surface area contributed by atoms with E-state index >= 15 is 0 Å². The van der Waals surface area contributed by atoms with Gasteiger partial charge in [0.1, 0.15) is 5.92 Å². The first-order chi connectivity index (χ1) is 15.3. The lowest BCUT2D eigenvalue weighted by atomic mass is 10.1. The average Bonchev–Trinajstić information content (AvgIpc) is 2.81. The maximum absolute atomic E-state index is 13.6. The highest BCUT2D eigenvalue weighted by molar-refractivity contribution is 8.13. The normalized spacial score (nSPS) is 12.8. The highest BCUT2D eigenvalue weighted by Crippen LogP contribution is 2.45. The number of thioether (sulfide) groups is 1. The molecule has 3 aromatic carbocycles. The molecule has 0 amide bonds. The van der Waals surface area contributed by atoms with Crippen molar-refractivity contribution in [2.24, 2.45) is 5.92 Å². The van der Waals surface area contributed by atoms with Gasteiger partial charge in [-0.05, 0) is 28.6 Å². The van der Waals surface area contributed by atoms with Crippen molar-refractivity contribution in [3.05, 3.63) is 91.0 Å². The highest BCUT2D eigenvalue weighted by atomic mass is 32.2. The van der Waals surface area contributed by atoms with Crippen LogP contribution in [0.3, 0.4) is 0 Å². The number of hydrogen-bond acceptors (Lipinski definition) is 3. The quantitative estimate of drug-likeness (QED) is 0.364. The fraction of sp³-hybridized carbons (Fsp3) is 0.160. The SMILES string of the molecule is CCSC(=O)C(C=P(c1ccccc1)(c1ccccc1)c1ccccc1)C(=O)C(F)(F)F. The number of alkyl halides is 3. The van der Waals surface area contributed by atoms with Crippen molar-refractivity contribution in [3.63, 3.8) is 0 Å². The minimum atomic E-state index is -5.12. The van der Waals surface area contributed by atoms with E-state index in [1.54, 1.807) is 6.92 Å². The van der Waals surface area contributed by atoms with Gasteiger partial charge in [0.2, 0.25) is 5.12 Å². The van der Waals surface area contributed by atoms with Crippen molar-refractivity contribution in [1.29, 1.82) is 0 Å². The van der Waals surface area contributed by atoms with Crippen LogP contribution < -0.4 is 15.9 Å². The van der Waals surface area contributed by atoms with E-state index < -0.39 is 29.9 Å². The van der Waals surface area contributed by atoms with E-state index in [1.165, 1.54) is 5.80 Å². The molecular formula is C25H22F3O2PS. The zero-order valence-electron chi connectivity index (χ0n) is 17.3. The Morgan fingerprint density at radius 1 is 0.812 bits per heavy atom. The molecule has 7 heteroatoms. The van der Waals surface area contributed by atoms with Gasteiger partial charge >= 0.3 is 6.18 Å². The molecule has 0 spiro atoms. The van der Waals surface area contributed by atoms with Crippen LogP contribution >= 0.6 is 18.6 Å². The Morgan fingerprint density at radius 2 is 1.19 bits per heavy atom. The molecule has 0 aromatic heterocycles. The van der Waals surface area contributed by atoms with Crippen LogP contribution in [-0.4, -0.2) is 28.6 Å². The lowest BCUT2D eigenvalue weighted by molar-refractivity contribution is -0.173. The number of carbonyl (C=O) groups is 2. The third-order valence-electron chi connectivity index (χ3n) is 4.97. The molecule has 0 radical (unpaired) electrons. The van der Waals surface area contributed by atoms with Crippen LogP contribution in [-0.2, 0) is 9.59 Å². The van der Waals surface area contributed by atoms with Gasteiger partial charge in [0.25, 0.3) is 5.78 Å². The first kappa shape index (κ1) is 24.1. The molecule has 3 aromatic rings. The molecule has 32 heavy (non-hydrogen) atoms. The molecule has 0 saturated heterocycles. The standard InChI is InChI=1S/C25H22F3O2PS/c1-2-32-24(30)22(23(29)25(26,27)28)18-31(19-12-6-3-7-13-19,20-14-8-4-9-15-20)21-16-10-5-11-17-21/h3-18,22H,2H2,1H3. The molecule has 0 aliphatic carbocycles. The van der Waals surface area contributed by atoms with Crippen LogP contribution in [0, 0.1) is 5.92 Å². The zero-order chi connectivity index (χ0) is 23.2. The molecule has 1 atom stereocenters. The average molecular weight is 474 g/mol. The molecule has 1 unspecified atom stereocenters. The monoisotopic (exact) mass is 474 g/mol. The molecule has 3 rings (SSSR count). The van der Waals surface area contributed by atoms with Gasteiger partial charge in [-0.25, -0.2) is 0 Å². The van der Waals surface area contributed by atoms with Gasteiger partial charge in [-0.1, -0.05) is 115 Å². The second kappa shape index (κ2) is 10.4. The van der Waals surface area contributed by atoms with E-state index in [4.69, 9.17) is 0 Å². The number of ketones is 1. The first-order valence-corrected chi connectivity index (χ1v) is 12.8. The number of carbonyl (C=O) groups excluding carboxylic acids is 2. The predicted molar refractivity (Wildman–Crippen MR) is 129 cm³/mol. The van der Waals surface area contributed by atoms with E-state index in [2.05, 4.69) is 0 Å². The number of halogens is 3. The van der Waals surface area contributed by atoms with Crippen molar-refractivity contribution in [2.45, 2.75) is 13.1 Å². The second-order valence-corrected chi connectivity index (χ2v) is 11.5. The molecule has 166 valence electrons. The Labute approximate surface area is 189 Å². The lowest BCUT2D eigenvalue weighted by Crippen LogP contribution is -2.38. The van der Waals surface area contributed by atoms with E-state index in [0.717, 1.165) is 27.7 Å². The van der Waals surface area contributed by atoms with E-state index in [-0.39, 0.29) is 5.75 Å². The second-order valence-electron chi connectivity index (χ2n) is 6.97. The van der Waals surface area contributed by atoms with Crippen molar-refractivity contribution in [3.8, 4) is 0 Å². The Balaban J connectivity index is 2.45. The fourth-order valence-electron chi connectivity index (χ4n) is 3.56. The molecule has 0 N–H and O–H groups in total. The summed E-state index contributed by atoms with van der Waals surface area (Å²) in [6, 6.07) is 27.4. The molecule has 0 aliphatic rings. The van der Waals surface area contributed by atoms with Crippen LogP contribution in [0.2, 0.25) is 0 Å². The van der Waals surface area contributed by atoms with Gasteiger partial charge in [-0.15, -0.1) is 0 Å². The van der Waals surface area contributed by atoms with Crippen molar-refractivity contribution in [2.75, 3.05) is 5.75 Å². The summed E-state index contributed by atoms with van der Waals surface area (Å²) in [6.07, 6.45) is -5.12.